The van der Waals surface area contributed by atoms with Crippen molar-refractivity contribution in [3.05, 3.63) is 23.5 Å². The molecule has 0 fully saturated rings. The normalized spacial score (nSPS) is 11.3. The minimum Gasteiger partial charge on any atom is -0.495 e. The summed E-state index contributed by atoms with van der Waals surface area (Å²) >= 11 is 0. The Labute approximate surface area is 105 Å². The minimum absolute atomic E-state index is 0.0387. The topological polar surface area (TPSA) is 72.5 Å². The van der Waals surface area contributed by atoms with Crippen molar-refractivity contribution in [2.75, 3.05) is 27.0 Å². The number of ketones is 1. The summed E-state index contributed by atoms with van der Waals surface area (Å²) in [5, 5.41) is 2.62. The van der Waals surface area contributed by atoms with Crippen LogP contribution in [0.2, 0.25) is 0 Å². The predicted octanol–water partition coefficient (Wildman–Crippen LogP) is 0.640. The number of halogens is 1. The molecule has 0 saturated heterocycles. The van der Waals surface area contributed by atoms with Crippen LogP contribution in [-0.2, 0) is 9.84 Å². The highest BCUT2D eigenvalue weighted by Gasteiger charge is 2.22. The first-order valence-corrected chi connectivity index (χ1v) is 6.95. The predicted molar refractivity (Wildman–Crippen MR) is 64.3 cm³/mol. The Balaban J connectivity index is 3.53. The van der Waals surface area contributed by atoms with Crippen LogP contribution in [0.25, 0.3) is 0 Å². The van der Waals surface area contributed by atoms with Gasteiger partial charge in [0.05, 0.1) is 19.2 Å². The molecule has 5 nitrogen and oxygen atoms in total. The number of carbonyl (C=O) groups excluding carboxylic acids is 1. The summed E-state index contributed by atoms with van der Waals surface area (Å²) in [6.07, 6.45) is 0.927. The molecule has 1 aromatic rings. The van der Waals surface area contributed by atoms with Gasteiger partial charge in [-0.25, -0.2) is 12.8 Å². The number of hydrogen-bond acceptors (Lipinski definition) is 5. The Hall–Kier alpha value is -1.47. The molecule has 0 heterocycles. The molecule has 0 unspecified atom stereocenters. The molecule has 1 rings (SSSR count). The van der Waals surface area contributed by atoms with E-state index in [0.717, 1.165) is 18.4 Å². The van der Waals surface area contributed by atoms with Gasteiger partial charge in [0.15, 0.2) is 15.6 Å². The molecule has 7 heteroatoms. The first-order chi connectivity index (χ1) is 8.31. The number of benzene rings is 1. The lowest BCUT2D eigenvalue weighted by Crippen LogP contribution is -2.20. The largest absolute Gasteiger partial charge is 0.495 e. The molecule has 0 aliphatic rings. The summed E-state index contributed by atoms with van der Waals surface area (Å²) in [5.74, 6) is -1.37. The molecule has 0 aliphatic heterocycles. The van der Waals surface area contributed by atoms with Gasteiger partial charge in [0.2, 0.25) is 0 Å². The monoisotopic (exact) mass is 275 g/mol. The highest BCUT2D eigenvalue weighted by Crippen LogP contribution is 2.29. The summed E-state index contributed by atoms with van der Waals surface area (Å²) in [7, 11) is -0.886. The first-order valence-electron chi connectivity index (χ1n) is 5.06. The molecular weight excluding hydrogens is 261 g/mol. The van der Waals surface area contributed by atoms with Gasteiger partial charge in [-0.05, 0) is 19.2 Å². The minimum atomic E-state index is -3.68. The molecule has 100 valence electrons. The number of nitrogens with one attached hydrogen (secondary N) is 1. The van der Waals surface area contributed by atoms with E-state index in [4.69, 9.17) is 4.74 Å². The number of likely N-dealkylation sites (N-methyl/N-ethyl adjacent to an activating group) is 1. The Morgan fingerprint density at radius 2 is 2.06 bits per heavy atom. The smallest absolute Gasteiger partial charge is 0.180 e. The lowest BCUT2D eigenvalue weighted by molar-refractivity contribution is 0.0989. The first kappa shape index (κ1) is 14.6. The van der Waals surface area contributed by atoms with Gasteiger partial charge in [-0.15, -0.1) is 0 Å². The summed E-state index contributed by atoms with van der Waals surface area (Å²) < 4.78 is 41.4. The van der Waals surface area contributed by atoms with E-state index >= 15 is 0 Å². The maximum absolute atomic E-state index is 13.4. The van der Waals surface area contributed by atoms with Gasteiger partial charge in [-0.2, -0.15) is 0 Å². The van der Waals surface area contributed by atoms with Crippen LogP contribution in [-0.4, -0.2) is 41.2 Å². The van der Waals surface area contributed by atoms with E-state index in [1.165, 1.54) is 7.11 Å². The number of Topliss-reactive ketones (excluding diaryl/α,β-unsaturated/α-hetero) is 1. The number of methoxy groups -OCH3 is 1. The van der Waals surface area contributed by atoms with Gasteiger partial charge in [0, 0.05) is 6.26 Å². The van der Waals surface area contributed by atoms with Crippen molar-refractivity contribution < 1.29 is 22.3 Å². The fourth-order valence-electron chi connectivity index (χ4n) is 1.52. The highest BCUT2D eigenvalue weighted by atomic mass is 32.2. The molecule has 1 N–H and O–H groups in total. The van der Waals surface area contributed by atoms with Crippen molar-refractivity contribution in [1.29, 1.82) is 0 Å². The lowest BCUT2D eigenvalue weighted by Gasteiger charge is -2.12. The summed E-state index contributed by atoms with van der Waals surface area (Å²) in [5.41, 5.74) is -0.0905. The molecule has 1 aromatic carbocycles. The van der Waals surface area contributed by atoms with Crippen LogP contribution >= 0.6 is 0 Å². The second-order valence-corrected chi connectivity index (χ2v) is 5.69. The second-order valence-electron chi connectivity index (χ2n) is 3.71. The molecule has 0 radical (unpaired) electrons. The average molecular weight is 275 g/mol. The molecule has 0 aliphatic carbocycles. The number of carbonyl (C=O) groups is 1. The van der Waals surface area contributed by atoms with E-state index in [0.29, 0.717) is 0 Å². The summed E-state index contributed by atoms with van der Waals surface area (Å²) in [4.78, 5) is 11.4. The summed E-state index contributed by atoms with van der Waals surface area (Å²) in [6.45, 7) is -0.0387. The Morgan fingerprint density at radius 3 is 2.50 bits per heavy atom. The van der Waals surface area contributed by atoms with Crippen molar-refractivity contribution in [2.24, 2.45) is 0 Å². The van der Waals surface area contributed by atoms with Gasteiger partial charge >= 0.3 is 0 Å². The van der Waals surface area contributed by atoms with Crippen molar-refractivity contribution in [3.63, 3.8) is 0 Å². The quantitative estimate of drug-likeness (QED) is 0.798. The Bertz CT molecular complexity index is 569. The molecule has 18 heavy (non-hydrogen) atoms. The van der Waals surface area contributed by atoms with E-state index in [1.54, 1.807) is 7.05 Å². The van der Waals surface area contributed by atoms with Gasteiger partial charge in [-0.1, -0.05) is 0 Å². The van der Waals surface area contributed by atoms with Crippen LogP contribution in [0.5, 0.6) is 5.75 Å². The average Bonchev–Trinajstić information content (AvgIpc) is 2.27. The van der Waals surface area contributed by atoms with Crippen molar-refractivity contribution >= 4 is 15.6 Å². The van der Waals surface area contributed by atoms with Crippen molar-refractivity contribution in [1.82, 2.24) is 5.32 Å². The maximum atomic E-state index is 13.4. The van der Waals surface area contributed by atoms with Crippen molar-refractivity contribution in [3.8, 4) is 5.75 Å². The van der Waals surface area contributed by atoms with Crippen LogP contribution in [0.4, 0.5) is 4.39 Å². The van der Waals surface area contributed by atoms with Gasteiger partial charge in [0.25, 0.3) is 0 Å². The van der Waals surface area contributed by atoms with Gasteiger partial charge in [0.1, 0.15) is 16.5 Å². The zero-order chi connectivity index (χ0) is 13.9. The SMILES string of the molecule is CNCC(=O)c1cc(F)cc(S(C)(=O)=O)c1OC. The van der Waals surface area contributed by atoms with Crippen LogP contribution in [0.1, 0.15) is 10.4 Å². The zero-order valence-electron chi connectivity index (χ0n) is 10.3. The van der Waals surface area contributed by atoms with E-state index in [1.807, 2.05) is 0 Å². The highest BCUT2D eigenvalue weighted by molar-refractivity contribution is 7.90. The van der Waals surface area contributed by atoms with E-state index < -0.39 is 21.4 Å². The standard InChI is InChI=1S/C11H14FNO4S/c1-13-6-9(14)8-4-7(12)5-10(11(8)17-2)18(3,15)16/h4-5,13H,6H2,1-3H3. The number of rotatable bonds is 5. The Morgan fingerprint density at radius 1 is 1.44 bits per heavy atom. The molecule has 0 aromatic heterocycles. The zero-order valence-corrected chi connectivity index (χ0v) is 11.1. The van der Waals surface area contributed by atoms with Gasteiger partial charge < -0.3 is 10.1 Å². The Kier molecular flexibility index (Phi) is 4.42. The lowest BCUT2D eigenvalue weighted by atomic mass is 10.1. The molecule has 0 spiro atoms. The van der Waals surface area contributed by atoms with Crippen LogP contribution in [0, 0.1) is 5.82 Å². The molecule has 0 amide bonds. The maximum Gasteiger partial charge on any atom is 0.180 e. The van der Waals surface area contributed by atoms with Gasteiger partial charge in [-0.3, -0.25) is 4.79 Å². The summed E-state index contributed by atoms with van der Waals surface area (Å²) in [6, 6.07) is 1.80. The molecular formula is C11H14FNO4S. The molecule has 0 bridgehead atoms. The second kappa shape index (κ2) is 5.45. The number of ether oxygens (including phenoxy) is 1. The van der Waals surface area contributed by atoms with E-state index in [9.17, 15) is 17.6 Å². The van der Waals surface area contributed by atoms with E-state index in [-0.39, 0.29) is 22.8 Å². The third kappa shape index (κ3) is 3.05. The third-order valence-electron chi connectivity index (χ3n) is 2.26. The van der Waals surface area contributed by atoms with Crippen molar-refractivity contribution in [2.45, 2.75) is 4.90 Å². The fourth-order valence-corrected chi connectivity index (χ4v) is 2.37. The number of sulfone groups is 1. The fraction of sp³-hybridized carbons (Fsp3) is 0.364. The third-order valence-corrected chi connectivity index (χ3v) is 3.36. The molecule has 0 atom stereocenters. The van der Waals surface area contributed by atoms with Crippen LogP contribution < -0.4 is 10.1 Å². The molecule has 0 saturated carbocycles. The number of hydrogen-bond donors (Lipinski definition) is 1. The van der Waals surface area contributed by atoms with Crippen LogP contribution in [0.3, 0.4) is 0 Å². The van der Waals surface area contributed by atoms with Crippen LogP contribution in [0.15, 0.2) is 17.0 Å². The van der Waals surface area contributed by atoms with E-state index in [2.05, 4.69) is 5.32 Å².